The number of para-hydroxylation sites is 1. The number of anilines is 2. The standard InChI is InChI=1S/C21H27N3O3/c1-12(2)16-7-6-8-17(13(3)4)20(16)22-21(26)15-10-19(25)24(11-15)18-9-14(5)27-23-18/h6-9,12-13,15H,10-11H2,1-5H3,(H,22,26). The van der Waals surface area contributed by atoms with Crippen LogP contribution in [0.3, 0.4) is 0 Å². The summed E-state index contributed by atoms with van der Waals surface area (Å²) in [4.78, 5) is 26.9. The number of rotatable bonds is 5. The summed E-state index contributed by atoms with van der Waals surface area (Å²) in [5.74, 6) is 1.05. The van der Waals surface area contributed by atoms with Gasteiger partial charge in [0, 0.05) is 24.7 Å². The van der Waals surface area contributed by atoms with Crippen LogP contribution in [0.25, 0.3) is 0 Å². The van der Waals surface area contributed by atoms with Gasteiger partial charge in [-0.3, -0.25) is 14.5 Å². The van der Waals surface area contributed by atoms with Crippen LogP contribution < -0.4 is 10.2 Å². The van der Waals surface area contributed by atoms with E-state index in [1.807, 2.05) is 6.07 Å². The molecule has 6 nitrogen and oxygen atoms in total. The van der Waals surface area contributed by atoms with Crippen LogP contribution in [0.1, 0.15) is 62.8 Å². The molecule has 1 aliphatic heterocycles. The molecule has 0 spiro atoms. The summed E-state index contributed by atoms with van der Waals surface area (Å²) in [6.07, 6.45) is 0.179. The van der Waals surface area contributed by atoms with Gasteiger partial charge in [-0.2, -0.15) is 0 Å². The van der Waals surface area contributed by atoms with E-state index in [0.29, 0.717) is 30.0 Å². The van der Waals surface area contributed by atoms with Crippen molar-refractivity contribution in [1.29, 1.82) is 0 Å². The maximum Gasteiger partial charge on any atom is 0.229 e. The lowest BCUT2D eigenvalue weighted by Gasteiger charge is -2.21. The normalized spacial score (nSPS) is 17.2. The molecule has 144 valence electrons. The molecule has 0 radical (unpaired) electrons. The number of aryl methyl sites for hydroxylation is 1. The molecule has 6 heteroatoms. The van der Waals surface area contributed by atoms with Gasteiger partial charge in [-0.05, 0) is 29.9 Å². The zero-order valence-electron chi connectivity index (χ0n) is 16.6. The fraction of sp³-hybridized carbons (Fsp3) is 0.476. The van der Waals surface area contributed by atoms with Crippen LogP contribution in [0.5, 0.6) is 0 Å². The highest BCUT2D eigenvalue weighted by atomic mass is 16.5. The predicted octanol–water partition coefficient (Wildman–Crippen LogP) is 4.22. The molecule has 1 aromatic heterocycles. The van der Waals surface area contributed by atoms with E-state index in [0.717, 1.165) is 16.8 Å². The van der Waals surface area contributed by atoms with E-state index in [2.05, 4.69) is 50.3 Å². The third-order valence-corrected chi connectivity index (χ3v) is 5.01. The summed E-state index contributed by atoms with van der Waals surface area (Å²) in [5.41, 5.74) is 3.11. The van der Waals surface area contributed by atoms with Crippen LogP contribution in [0.2, 0.25) is 0 Å². The lowest BCUT2D eigenvalue weighted by molar-refractivity contribution is -0.122. The number of hydrogen-bond donors (Lipinski definition) is 1. The number of nitrogens with zero attached hydrogens (tertiary/aromatic N) is 2. The van der Waals surface area contributed by atoms with Gasteiger partial charge in [0.2, 0.25) is 11.8 Å². The zero-order chi connectivity index (χ0) is 19.7. The average Bonchev–Trinajstić information content (AvgIpc) is 3.20. The second kappa shape index (κ2) is 7.55. The summed E-state index contributed by atoms with van der Waals surface area (Å²) < 4.78 is 5.06. The first kappa shape index (κ1) is 19.1. The van der Waals surface area contributed by atoms with Crippen molar-refractivity contribution in [1.82, 2.24) is 5.16 Å². The number of hydrogen-bond acceptors (Lipinski definition) is 4. The maximum absolute atomic E-state index is 13.0. The summed E-state index contributed by atoms with van der Waals surface area (Å²) in [6, 6.07) is 7.85. The Balaban J connectivity index is 1.81. The van der Waals surface area contributed by atoms with Crippen LogP contribution in [0, 0.1) is 12.8 Å². The minimum atomic E-state index is -0.408. The first-order valence-corrected chi connectivity index (χ1v) is 9.45. The van der Waals surface area contributed by atoms with Crippen LogP contribution in [0.15, 0.2) is 28.8 Å². The zero-order valence-corrected chi connectivity index (χ0v) is 16.6. The third-order valence-electron chi connectivity index (χ3n) is 5.01. The molecule has 1 fully saturated rings. The van der Waals surface area contributed by atoms with E-state index in [4.69, 9.17) is 4.52 Å². The highest BCUT2D eigenvalue weighted by Crippen LogP contribution is 2.33. The Morgan fingerprint density at radius 1 is 1.22 bits per heavy atom. The SMILES string of the molecule is Cc1cc(N2CC(C(=O)Nc3c(C(C)C)cccc3C(C)C)CC2=O)no1. The van der Waals surface area contributed by atoms with Gasteiger partial charge >= 0.3 is 0 Å². The first-order valence-electron chi connectivity index (χ1n) is 9.45. The molecule has 0 saturated carbocycles. The van der Waals surface area contributed by atoms with Gasteiger partial charge in [-0.15, -0.1) is 0 Å². The molecular formula is C21H27N3O3. The van der Waals surface area contributed by atoms with Gasteiger partial charge < -0.3 is 9.84 Å². The van der Waals surface area contributed by atoms with E-state index in [9.17, 15) is 9.59 Å². The molecular weight excluding hydrogens is 342 g/mol. The number of benzene rings is 1. The Bertz CT molecular complexity index is 828. The third kappa shape index (κ3) is 3.89. The Morgan fingerprint density at radius 3 is 2.37 bits per heavy atom. The largest absolute Gasteiger partial charge is 0.360 e. The van der Waals surface area contributed by atoms with Gasteiger partial charge in [0.25, 0.3) is 0 Å². The molecule has 1 atom stereocenters. The molecule has 1 aromatic carbocycles. The van der Waals surface area contributed by atoms with Crippen molar-refractivity contribution in [3.8, 4) is 0 Å². The van der Waals surface area contributed by atoms with Crippen LogP contribution in [0.4, 0.5) is 11.5 Å². The average molecular weight is 369 g/mol. The highest BCUT2D eigenvalue weighted by Gasteiger charge is 2.37. The Morgan fingerprint density at radius 2 is 1.85 bits per heavy atom. The lowest BCUT2D eigenvalue weighted by atomic mass is 9.92. The number of carbonyl (C=O) groups excluding carboxylic acids is 2. The molecule has 0 bridgehead atoms. The number of aromatic nitrogens is 1. The smallest absolute Gasteiger partial charge is 0.229 e. The van der Waals surface area contributed by atoms with Crippen molar-refractivity contribution in [2.24, 2.45) is 5.92 Å². The van der Waals surface area contributed by atoms with E-state index in [1.54, 1.807) is 13.0 Å². The quantitative estimate of drug-likeness (QED) is 0.856. The topological polar surface area (TPSA) is 75.4 Å². The molecule has 2 amide bonds. The molecule has 1 N–H and O–H groups in total. The number of carbonyl (C=O) groups is 2. The minimum Gasteiger partial charge on any atom is -0.360 e. The summed E-state index contributed by atoms with van der Waals surface area (Å²) >= 11 is 0. The van der Waals surface area contributed by atoms with Crippen molar-refractivity contribution >= 4 is 23.3 Å². The van der Waals surface area contributed by atoms with Crippen molar-refractivity contribution in [3.05, 3.63) is 41.2 Å². The van der Waals surface area contributed by atoms with Crippen molar-refractivity contribution in [3.63, 3.8) is 0 Å². The summed E-state index contributed by atoms with van der Waals surface area (Å²) in [5, 5.41) is 7.02. The minimum absolute atomic E-state index is 0.107. The van der Waals surface area contributed by atoms with E-state index >= 15 is 0 Å². The van der Waals surface area contributed by atoms with Crippen molar-refractivity contribution in [2.75, 3.05) is 16.8 Å². The van der Waals surface area contributed by atoms with Gasteiger partial charge in [0.15, 0.2) is 5.82 Å². The van der Waals surface area contributed by atoms with Gasteiger partial charge in [-0.1, -0.05) is 51.1 Å². The molecule has 1 unspecified atom stereocenters. The van der Waals surface area contributed by atoms with Crippen molar-refractivity contribution < 1.29 is 14.1 Å². The predicted molar refractivity (Wildman–Crippen MR) is 105 cm³/mol. The van der Waals surface area contributed by atoms with E-state index in [1.165, 1.54) is 4.90 Å². The van der Waals surface area contributed by atoms with Gasteiger partial charge in [0.05, 0.1) is 5.92 Å². The monoisotopic (exact) mass is 369 g/mol. The Labute approximate surface area is 159 Å². The number of nitrogens with one attached hydrogen (secondary N) is 1. The van der Waals surface area contributed by atoms with Gasteiger partial charge in [0.1, 0.15) is 5.76 Å². The Kier molecular flexibility index (Phi) is 5.35. The van der Waals surface area contributed by atoms with Gasteiger partial charge in [-0.25, -0.2) is 0 Å². The van der Waals surface area contributed by atoms with Crippen LogP contribution in [-0.4, -0.2) is 23.5 Å². The molecule has 0 aliphatic carbocycles. The second-order valence-electron chi connectivity index (χ2n) is 7.81. The maximum atomic E-state index is 13.0. The molecule has 2 heterocycles. The van der Waals surface area contributed by atoms with E-state index < -0.39 is 5.92 Å². The van der Waals surface area contributed by atoms with Crippen LogP contribution in [-0.2, 0) is 9.59 Å². The highest BCUT2D eigenvalue weighted by molar-refractivity contribution is 6.03. The fourth-order valence-corrected chi connectivity index (χ4v) is 3.51. The summed E-state index contributed by atoms with van der Waals surface area (Å²) in [7, 11) is 0. The molecule has 1 aliphatic rings. The second-order valence-corrected chi connectivity index (χ2v) is 7.81. The summed E-state index contributed by atoms with van der Waals surface area (Å²) in [6.45, 7) is 10.5. The van der Waals surface area contributed by atoms with E-state index in [-0.39, 0.29) is 18.2 Å². The molecule has 1 saturated heterocycles. The molecule has 2 aromatic rings. The molecule has 27 heavy (non-hydrogen) atoms. The molecule has 3 rings (SSSR count). The Hall–Kier alpha value is -2.63. The number of amides is 2. The first-order chi connectivity index (χ1) is 12.8. The van der Waals surface area contributed by atoms with Crippen LogP contribution >= 0.6 is 0 Å². The van der Waals surface area contributed by atoms with Crippen molar-refractivity contribution in [2.45, 2.75) is 52.9 Å². The lowest BCUT2D eigenvalue weighted by Crippen LogP contribution is -2.29. The fourth-order valence-electron chi connectivity index (χ4n) is 3.51.